The first-order chi connectivity index (χ1) is 8.69. The standard InChI is InChI=1S/C15H16O3/c1-2-12(15(17)18)9-6-10-14(11-16)13-7-4-3-5-8-13/h2-5,7-8,10-12H,1,6,9H2,(H,17,18). The molecule has 0 aliphatic heterocycles. The van der Waals surface area contributed by atoms with Crippen LogP contribution >= 0.6 is 0 Å². The Kier molecular flexibility index (Phi) is 5.58. The zero-order chi connectivity index (χ0) is 13.4. The van der Waals surface area contributed by atoms with Crippen LogP contribution in [0.3, 0.4) is 0 Å². The van der Waals surface area contributed by atoms with Crippen molar-refractivity contribution in [1.29, 1.82) is 0 Å². The zero-order valence-corrected chi connectivity index (χ0v) is 10.1. The summed E-state index contributed by atoms with van der Waals surface area (Å²) in [5.41, 5.74) is 1.43. The van der Waals surface area contributed by atoms with Crippen LogP contribution in [-0.4, -0.2) is 17.4 Å². The van der Waals surface area contributed by atoms with E-state index in [1.807, 2.05) is 30.3 Å². The van der Waals surface area contributed by atoms with Gasteiger partial charge in [0.2, 0.25) is 0 Å². The van der Waals surface area contributed by atoms with E-state index in [0.717, 1.165) is 11.8 Å². The topological polar surface area (TPSA) is 54.4 Å². The molecule has 3 heteroatoms. The molecule has 1 rings (SSSR count). The van der Waals surface area contributed by atoms with Gasteiger partial charge in [-0.25, -0.2) is 0 Å². The average Bonchev–Trinajstić information content (AvgIpc) is 2.39. The van der Waals surface area contributed by atoms with Crippen molar-refractivity contribution in [2.45, 2.75) is 12.8 Å². The van der Waals surface area contributed by atoms with Gasteiger partial charge in [-0.3, -0.25) is 9.59 Å². The van der Waals surface area contributed by atoms with E-state index < -0.39 is 11.9 Å². The Hall–Kier alpha value is -2.16. The molecular weight excluding hydrogens is 228 g/mol. The van der Waals surface area contributed by atoms with Crippen LogP contribution in [0.2, 0.25) is 0 Å². The second-order valence-corrected chi connectivity index (χ2v) is 3.90. The van der Waals surface area contributed by atoms with Crippen LogP contribution in [0.4, 0.5) is 0 Å². The van der Waals surface area contributed by atoms with Crippen molar-refractivity contribution in [1.82, 2.24) is 0 Å². The van der Waals surface area contributed by atoms with Gasteiger partial charge in [-0.2, -0.15) is 0 Å². The number of aliphatic carboxylic acids is 1. The molecule has 0 amide bonds. The molecule has 1 N–H and O–H groups in total. The average molecular weight is 244 g/mol. The number of allylic oxidation sites excluding steroid dienone is 2. The summed E-state index contributed by atoms with van der Waals surface area (Å²) in [5, 5.41) is 8.85. The van der Waals surface area contributed by atoms with Crippen molar-refractivity contribution in [3.05, 3.63) is 54.6 Å². The number of carbonyl (C=O) groups is 2. The van der Waals surface area contributed by atoms with Gasteiger partial charge in [0, 0.05) is 5.57 Å². The maximum atomic E-state index is 11.0. The molecule has 1 unspecified atom stereocenters. The summed E-state index contributed by atoms with van der Waals surface area (Å²) in [6.45, 7) is 3.49. The van der Waals surface area contributed by atoms with Gasteiger partial charge in [-0.05, 0) is 18.4 Å². The van der Waals surface area contributed by atoms with E-state index in [2.05, 4.69) is 6.58 Å². The van der Waals surface area contributed by atoms with Crippen LogP contribution in [0.5, 0.6) is 0 Å². The van der Waals surface area contributed by atoms with E-state index in [1.165, 1.54) is 6.08 Å². The van der Waals surface area contributed by atoms with E-state index in [9.17, 15) is 9.59 Å². The summed E-state index contributed by atoms with van der Waals surface area (Å²) >= 11 is 0. The highest BCUT2D eigenvalue weighted by Gasteiger charge is 2.11. The molecule has 0 heterocycles. The number of carbonyl (C=O) groups excluding carboxylic acids is 1. The number of aldehydes is 1. The first-order valence-electron chi connectivity index (χ1n) is 5.75. The highest BCUT2D eigenvalue weighted by atomic mass is 16.4. The van der Waals surface area contributed by atoms with Crippen molar-refractivity contribution in [2.24, 2.45) is 5.92 Å². The maximum absolute atomic E-state index is 11.0. The molecule has 0 saturated heterocycles. The number of carboxylic acid groups (broad SMARTS) is 1. The molecule has 3 nitrogen and oxygen atoms in total. The quantitative estimate of drug-likeness (QED) is 0.456. The Morgan fingerprint density at radius 2 is 2.00 bits per heavy atom. The van der Waals surface area contributed by atoms with E-state index >= 15 is 0 Å². The smallest absolute Gasteiger partial charge is 0.310 e. The van der Waals surface area contributed by atoms with Crippen LogP contribution in [0.15, 0.2) is 49.1 Å². The fraction of sp³-hybridized carbons (Fsp3) is 0.200. The molecule has 0 aromatic heterocycles. The van der Waals surface area contributed by atoms with Crippen molar-refractivity contribution in [2.75, 3.05) is 0 Å². The van der Waals surface area contributed by atoms with E-state index in [4.69, 9.17) is 5.11 Å². The molecule has 18 heavy (non-hydrogen) atoms. The van der Waals surface area contributed by atoms with Crippen LogP contribution in [0, 0.1) is 5.92 Å². The normalized spacial score (nSPS) is 12.8. The fourth-order valence-corrected chi connectivity index (χ4v) is 1.63. The van der Waals surface area contributed by atoms with Gasteiger partial charge >= 0.3 is 5.97 Å². The Bertz CT molecular complexity index is 446. The second kappa shape index (κ2) is 7.22. The van der Waals surface area contributed by atoms with Crippen molar-refractivity contribution in [3.8, 4) is 0 Å². The van der Waals surface area contributed by atoms with Gasteiger partial charge in [0.25, 0.3) is 0 Å². The molecule has 0 spiro atoms. The minimum Gasteiger partial charge on any atom is -0.481 e. The lowest BCUT2D eigenvalue weighted by Gasteiger charge is -2.05. The third-order valence-electron chi connectivity index (χ3n) is 2.68. The van der Waals surface area contributed by atoms with Crippen molar-refractivity contribution in [3.63, 3.8) is 0 Å². The molecule has 0 bridgehead atoms. The molecule has 1 atom stereocenters. The minimum atomic E-state index is -0.884. The third kappa shape index (κ3) is 4.01. The van der Waals surface area contributed by atoms with E-state index in [-0.39, 0.29) is 0 Å². The number of rotatable bonds is 7. The van der Waals surface area contributed by atoms with Gasteiger partial charge in [0.1, 0.15) is 6.29 Å². The molecule has 0 aliphatic rings. The van der Waals surface area contributed by atoms with Gasteiger partial charge in [0.15, 0.2) is 0 Å². The van der Waals surface area contributed by atoms with Gasteiger partial charge in [0.05, 0.1) is 5.92 Å². The monoisotopic (exact) mass is 244 g/mol. The summed E-state index contributed by atoms with van der Waals surface area (Å²) in [5.74, 6) is -1.45. The first kappa shape index (κ1) is 13.9. The summed E-state index contributed by atoms with van der Waals surface area (Å²) in [7, 11) is 0. The highest BCUT2D eigenvalue weighted by Crippen LogP contribution is 2.15. The lowest BCUT2D eigenvalue weighted by atomic mass is 10.0. The van der Waals surface area contributed by atoms with Crippen LogP contribution in [0.1, 0.15) is 18.4 Å². The van der Waals surface area contributed by atoms with Crippen LogP contribution < -0.4 is 0 Å². The predicted molar refractivity (Wildman–Crippen MR) is 71.0 cm³/mol. The number of carboxylic acids is 1. The van der Waals surface area contributed by atoms with Crippen molar-refractivity contribution >= 4 is 17.8 Å². The summed E-state index contributed by atoms with van der Waals surface area (Å²) < 4.78 is 0. The molecule has 0 aliphatic carbocycles. The number of hydrogen-bond acceptors (Lipinski definition) is 2. The zero-order valence-electron chi connectivity index (χ0n) is 10.1. The minimum absolute atomic E-state index is 0.447. The van der Waals surface area contributed by atoms with E-state index in [0.29, 0.717) is 18.4 Å². The SMILES string of the molecule is C=CC(CCC=C(C=O)c1ccccc1)C(=O)O. The van der Waals surface area contributed by atoms with Crippen LogP contribution in [0.25, 0.3) is 5.57 Å². The Morgan fingerprint density at radius 3 is 2.50 bits per heavy atom. The second-order valence-electron chi connectivity index (χ2n) is 3.90. The number of benzene rings is 1. The third-order valence-corrected chi connectivity index (χ3v) is 2.68. The molecule has 1 aromatic carbocycles. The molecule has 0 saturated carbocycles. The maximum Gasteiger partial charge on any atom is 0.310 e. The van der Waals surface area contributed by atoms with E-state index in [1.54, 1.807) is 6.08 Å². The molecule has 0 fully saturated rings. The van der Waals surface area contributed by atoms with Crippen LogP contribution in [-0.2, 0) is 9.59 Å². The fourth-order valence-electron chi connectivity index (χ4n) is 1.63. The Labute approximate surface area is 106 Å². The lowest BCUT2D eigenvalue weighted by Crippen LogP contribution is -2.09. The Morgan fingerprint density at radius 1 is 1.33 bits per heavy atom. The largest absolute Gasteiger partial charge is 0.481 e. The first-order valence-corrected chi connectivity index (χ1v) is 5.75. The molecule has 1 aromatic rings. The highest BCUT2D eigenvalue weighted by molar-refractivity contribution is 6.06. The van der Waals surface area contributed by atoms with Gasteiger partial charge < -0.3 is 5.11 Å². The van der Waals surface area contributed by atoms with Gasteiger partial charge in [-0.15, -0.1) is 6.58 Å². The molecular formula is C15H16O3. The summed E-state index contributed by atoms with van der Waals surface area (Å²) in [4.78, 5) is 21.8. The van der Waals surface area contributed by atoms with Gasteiger partial charge in [-0.1, -0.05) is 42.5 Å². The van der Waals surface area contributed by atoms with Crippen molar-refractivity contribution < 1.29 is 14.7 Å². The molecule has 94 valence electrons. The summed E-state index contributed by atoms with van der Waals surface area (Å²) in [6, 6.07) is 9.29. The predicted octanol–water partition coefficient (Wildman–Crippen LogP) is 2.94. The number of hydrogen-bond donors (Lipinski definition) is 1. The lowest BCUT2D eigenvalue weighted by molar-refractivity contribution is -0.140. The summed E-state index contributed by atoms with van der Waals surface area (Å²) in [6.07, 6.45) is 4.95. The molecule has 0 radical (unpaired) electrons. The Balaban J connectivity index is 2.67.